The molecule has 2 heterocycles. The minimum Gasteiger partial charge on any atom is -0.378 e. The van der Waals surface area contributed by atoms with Crippen LogP contribution in [0.3, 0.4) is 0 Å². The van der Waals surface area contributed by atoms with E-state index < -0.39 is 0 Å². The van der Waals surface area contributed by atoms with Gasteiger partial charge in [0.2, 0.25) is 0 Å². The third-order valence-corrected chi connectivity index (χ3v) is 6.90. The van der Waals surface area contributed by atoms with Crippen molar-refractivity contribution in [2.24, 2.45) is 10.2 Å². The van der Waals surface area contributed by atoms with Crippen LogP contribution in [-0.4, -0.2) is 66.7 Å². The van der Waals surface area contributed by atoms with Crippen molar-refractivity contribution in [1.29, 1.82) is 0 Å². The lowest BCUT2D eigenvalue weighted by Crippen LogP contribution is -2.36. The summed E-state index contributed by atoms with van der Waals surface area (Å²) >= 11 is 0. The maximum Gasteiger partial charge on any atom is 0.102 e. The second-order valence-corrected chi connectivity index (χ2v) is 9.18. The van der Waals surface area contributed by atoms with E-state index in [9.17, 15) is 0 Å². The molecule has 1 fully saturated rings. The first-order valence-electron chi connectivity index (χ1n) is 13.1. The Morgan fingerprint density at radius 1 is 0.919 bits per heavy atom. The Morgan fingerprint density at radius 3 is 2.41 bits per heavy atom. The lowest BCUT2D eigenvalue weighted by Gasteiger charge is -2.31. The molecule has 0 spiro atoms. The summed E-state index contributed by atoms with van der Waals surface area (Å²) in [6, 6.07) is 16.7. The monoisotopic (exact) mass is 494 g/mol. The highest BCUT2D eigenvalue weighted by Crippen LogP contribution is 2.35. The number of allylic oxidation sites excluding steroid dienone is 2. The maximum absolute atomic E-state index is 5.62. The van der Waals surface area contributed by atoms with Gasteiger partial charge < -0.3 is 14.5 Å². The van der Waals surface area contributed by atoms with Crippen molar-refractivity contribution in [3.8, 4) is 0 Å². The number of hydrogen-bond acceptors (Lipinski definition) is 7. The summed E-state index contributed by atoms with van der Waals surface area (Å²) in [7, 11) is 0. The van der Waals surface area contributed by atoms with Crippen LogP contribution < -0.4 is 4.90 Å². The number of rotatable bonds is 8. The van der Waals surface area contributed by atoms with Crippen molar-refractivity contribution in [1.82, 2.24) is 14.9 Å². The van der Waals surface area contributed by atoms with E-state index in [-0.39, 0.29) is 0 Å². The Hall–Kier alpha value is -3.84. The highest BCUT2D eigenvalue weighted by Gasteiger charge is 2.25. The van der Waals surface area contributed by atoms with Gasteiger partial charge in [-0.1, -0.05) is 24.3 Å². The third-order valence-electron chi connectivity index (χ3n) is 6.90. The second kappa shape index (κ2) is 11.9. The zero-order valence-electron chi connectivity index (χ0n) is 21.7. The average molecular weight is 495 g/mol. The van der Waals surface area contributed by atoms with Gasteiger partial charge in [0, 0.05) is 37.6 Å². The van der Waals surface area contributed by atoms with Gasteiger partial charge in [0.25, 0.3) is 0 Å². The average Bonchev–Trinajstić information content (AvgIpc) is 3.35. The number of para-hydroxylation sites is 2. The zero-order chi connectivity index (χ0) is 25.5. The lowest BCUT2D eigenvalue weighted by molar-refractivity contribution is 0.0548. The number of hydrogen-bond donors (Lipinski definition) is 0. The summed E-state index contributed by atoms with van der Waals surface area (Å²) in [4.78, 5) is 13.8. The van der Waals surface area contributed by atoms with Crippen LogP contribution in [0.1, 0.15) is 37.9 Å². The highest BCUT2D eigenvalue weighted by atomic mass is 16.5. The van der Waals surface area contributed by atoms with Gasteiger partial charge in [-0.3, -0.25) is 4.98 Å². The van der Waals surface area contributed by atoms with E-state index in [1.54, 1.807) is 12.4 Å². The molecule has 1 aromatic heterocycles. The van der Waals surface area contributed by atoms with Crippen LogP contribution in [0.4, 0.5) is 5.69 Å². The SMILES string of the molecule is CCN(CC)c1ccc(C=C2CCC(C=NN=Cc3cnc4ccccc4n3)=C2N2CCOCC2)cc1. The van der Waals surface area contributed by atoms with Crippen LogP contribution in [-0.2, 0) is 4.74 Å². The minimum atomic E-state index is 0.693. The topological polar surface area (TPSA) is 66.2 Å². The molecule has 0 amide bonds. The zero-order valence-corrected chi connectivity index (χ0v) is 21.7. The summed E-state index contributed by atoms with van der Waals surface area (Å²) in [5.41, 5.74) is 8.75. The highest BCUT2D eigenvalue weighted by molar-refractivity contribution is 5.85. The van der Waals surface area contributed by atoms with Crippen molar-refractivity contribution in [3.63, 3.8) is 0 Å². The van der Waals surface area contributed by atoms with Gasteiger partial charge in [-0.05, 0) is 73.7 Å². The van der Waals surface area contributed by atoms with E-state index in [1.807, 2.05) is 30.5 Å². The van der Waals surface area contributed by atoms with Crippen molar-refractivity contribution >= 4 is 35.2 Å². The van der Waals surface area contributed by atoms with Crippen LogP contribution in [0.5, 0.6) is 0 Å². The van der Waals surface area contributed by atoms with Crippen molar-refractivity contribution in [2.45, 2.75) is 26.7 Å². The summed E-state index contributed by atoms with van der Waals surface area (Å²) in [6.45, 7) is 9.69. The summed E-state index contributed by atoms with van der Waals surface area (Å²) in [5.74, 6) is 0. The van der Waals surface area contributed by atoms with Crippen molar-refractivity contribution < 1.29 is 4.74 Å². The van der Waals surface area contributed by atoms with Crippen molar-refractivity contribution in [3.05, 3.63) is 82.8 Å². The van der Waals surface area contributed by atoms with Crippen LogP contribution in [0.15, 0.2) is 81.8 Å². The fourth-order valence-electron chi connectivity index (χ4n) is 4.97. The van der Waals surface area contributed by atoms with Crippen LogP contribution >= 0.6 is 0 Å². The Bertz CT molecular complexity index is 1330. The molecule has 0 unspecified atom stereocenters. The van der Waals surface area contributed by atoms with Crippen LogP contribution in [0, 0.1) is 0 Å². The first-order valence-corrected chi connectivity index (χ1v) is 13.1. The van der Waals surface area contributed by atoms with E-state index in [2.05, 4.69) is 74.2 Å². The molecule has 3 aromatic rings. The predicted octanol–water partition coefficient (Wildman–Crippen LogP) is 5.34. The van der Waals surface area contributed by atoms with Gasteiger partial charge in [-0.15, -0.1) is 0 Å². The Kier molecular flexibility index (Phi) is 8.01. The number of nitrogens with zero attached hydrogens (tertiary/aromatic N) is 6. The van der Waals surface area contributed by atoms with Gasteiger partial charge in [0.05, 0.1) is 42.9 Å². The van der Waals surface area contributed by atoms with Gasteiger partial charge in [0.1, 0.15) is 5.69 Å². The van der Waals surface area contributed by atoms with Crippen molar-refractivity contribution in [2.75, 3.05) is 44.3 Å². The normalized spacial score (nSPS) is 17.7. The van der Waals surface area contributed by atoms with Gasteiger partial charge in [-0.25, -0.2) is 4.98 Å². The fourth-order valence-corrected chi connectivity index (χ4v) is 4.97. The molecule has 0 bridgehead atoms. The molecule has 0 radical (unpaired) electrons. The van der Waals surface area contributed by atoms with E-state index in [1.165, 1.54) is 28.1 Å². The largest absolute Gasteiger partial charge is 0.378 e. The molecular weight excluding hydrogens is 460 g/mol. The van der Waals surface area contributed by atoms with E-state index in [0.717, 1.165) is 63.3 Å². The number of fused-ring (bicyclic) bond motifs is 1. The van der Waals surface area contributed by atoms with E-state index in [4.69, 9.17) is 4.74 Å². The quantitative estimate of drug-likeness (QED) is 0.312. The molecule has 7 heteroatoms. The molecule has 2 aliphatic rings. The second-order valence-electron chi connectivity index (χ2n) is 9.18. The van der Waals surface area contributed by atoms with E-state index in [0.29, 0.717) is 5.69 Å². The smallest absolute Gasteiger partial charge is 0.102 e. The van der Waals surface area contributed by atoms with Crippen LogP contribution in [0.25, 0.3) is 17.1 Å². The number of morpholine rings is 1. The number of aromatic nitrogens is 2. The Labute approximate surface area is 218 Å². The molecular formula is C30H34N6O. The molecule has 7 nitrogen and oxygen atoms in total. The minimum absolute atomic E-state index is 0.693. The molecule has 2 aromatic carbocycles. The summed E-state index contributed by atoms with van der Waals surface area (Å²) in [5, 5.41) is 8.68. The molecule has 1 aliphatic carbocycles. The number of ether oxygens (including phenoxy) is 1. The first kappa shape index (κ1) is 24.8. The standard InChI is InChI=1S/C30H34N6O/c1-3-35(4-2)27-13-9-23(10-14-27)19-24-11-12-25(30(24)36-15-17-37-18-16-36)20-32-33-22-26-21-31-28-7-5-6-8-29(28)34-26/h5-10,13-14,19-22H,3-4,11-12,15-18H2,1-2H3. The molecule has 5 rings (SSSR count). The van der Waals surface area contributed by atoms with Gasteiger partial charge >= 0.3 is 0 Å². The maximum atomic E-state index is 5.62. The first-order chi connectivity index (χ1) is 18.2. The molecule has 1 saturated heterocycles. The van der Waals surface area contributed by atoms with Gasteiger partial charge in [0.15, 0.2) is 0 Å². The third kappa shape index (κ3) is 5.94. The lowest BCUT2D eigenvalue weighted by atomic mass is 10.1. The molecule has 0 N–H and O–H groups in total. The predicted molar refractivity (Wildman–Crippen MR) is 152 cm³/mol. The number of anilines is 1. The van der Waals surface area contributed by atoms with Crippen LogP contribution in [0.2, 0.25) is 0 Å². The fraction of sp³-hybridized carbons (Fsp3) is 0.333. The Morgan fingerprint density at radius 2 is 1.65 bits per heavy atom. The molecule has 190 valence electrons. The Balaban J connectivity index is 1.37. The number of benzene rings is 2. The molecule has 0 saturated carbocycles. The molecule has 1 aliphatic heterocycles. The van der Waals surface area contributed by atoms with Gasteiger partial charge in [-0.2, -0.15) is 10.2 Å². The molecule has 0 atom stereocenters. The summed E-state index contributed by atoms with van der Waals surface area (Å²) < 4.78 is 5.62. The molecule has 37 heavy (non-hydrogen) atoms. The summed E-state index contributed by atoms with van der Waals surface area (Å²) in [6.07, 6.45) is 9.55. The van der Waals surface area contributed by atoms with E-state index >= 15 is 0 Å².